The second-order valence-corrected chi connectivity index (χ2v) is 6.91. The number of benzene rings is 1. The van der Waals surface area contributed by atoms with Crippen molar-refractivity contribution < 1.29 is 19.1 Å². The number of carbonyl (C=O) groups excluding carboxylic acids is 1. The quantitative estimate of drug-likeness (QED) is 0.905. The minimum absolute atomic E-state index is 0.0926. The highest BCUT2D eigenvalue weighted by Gasteiger charge is 2.57. The lowest BCUT2D eigenvalue weighted by Crippen LogP contribution is -2.41. The summed E-state index contributed by atoms with van der Waals surface area (Å²) in [5.74, 6) is -1.76. The average molecular weight is 341 g/mol. The number of hydrogen-bond acceptors (Lipinski definition) is 3. The largest absolute Gasteiger partial charge is 0.481 e. The smallest absolute Gasteiger partial charge is 0.313 e. The fourth-order valence-corrected chi connectivity index (χ4v) is 4.00. The molecule has 3 rings (SSSR count). The van der Waals surface area contributed by atoms with Gasteiger partial charge in [-0.25, -0.2) is 4.39 Å². The Morgan fingerprint density at radius 3 is 2.74 bits per heavy atom. The number of carbonyl (C=O) groups is 2. The van der Waals surface area contributed by atoms with E-state index in [0.29, 0.717) is 19.6 Å². The van der Waals surface area contributed by atoms with Crippen LogP contribution in [0.2, 0.25) is 5.02 Å². The zero-order valence-electron chi connectivity index (χ0n) is 12.8. The molecule has 124 valence electrons. The number of carboxylic acid groups (broad SMARTS) is 1. The van der Waals surface area contributed by atoms with Crippen LogP contribution in [0.15, 0.2) is 18.2 Å². The van der Waals surface area contributed by atoms with E-state index in [2.05, 4.69) is 0 Å². The van der Waals surface area contributed by atoms with E-state index in [1.807, 2.05) is 11.9 Å². The molecule has 2 atom stereocenters. The van der Waals surface area contributed by atoms with Crippen molar-refractivity contribution in [2.75, 3.05) is 33.2 Å². The lowest BCUT2D eigenvalue weighted by Gasteiger charge is -2.24. The van der Waals surface area contributed by atoms with Gasteiger partial charge in [-0.3, -0.25) is 9.59 Å². The second-order valence-electron chi connectivity index (χ2n) is 6.51. The highest BCUT2D eigenvalue weighted by molar-refractivity contribution is 6.31. The van der Waals surface area contributed by atoms with Crippen molar-refractivity contribution in [3.05, 3.63) is 34.6 Å². The van der Waals surface area contributed by atoms with Gasteiger partial charge in [0.2, 0.25) is 5.91 Å². The predicted octanol–water partition coefficient (Wildman–Crippen LogP) is 1.50. The molecular weight excluding hydrogens is 323 g/mol. The van der Waals surface area contributed by atoms with Crippen LogP contribution in [-0.2, 0) is 16.0 Å². The molecule has 0 aliphatic carbocycles. The first-order valence-electron chi connectivity index (χ1n) is 7.46. The van der Waals surface area contributed by atoms with Gasteiger partial charge < -0.3 is 14.9 Å². The molecule has 2 fully saturated rings. The number of aliphatic carboxylic acids is 1. The lowest BCUT2D eigenvalue weighted by atomic mass is 9.81. The van der Waals surface area contributed by atoms with Crippen molar-refractivity contribution in [2.45, 2.75) is 6.42 Å². The van der Waals surface area contributed by atoms with Crippen LogP contribution in [0.5, 0.6) is 0 Å². The molecule has 2 saturated heterocycles. The van der Waals surface area contributed by atoms with E-state index in [1.54, 1.807) is 6.07 Å². The maximum atomic E-state index is 13.8. The Labute approximate surface area is 138 Å². The van der Waals surface area contributed by atoms with E-state index in [0.717, 1.165) is 0 Å². The van der Waals surface area contributed by atoms with Crippen molar-refractivity contribution in [3.63, 3.8) is 0 Å². The topological polar surface area (TPSA) is 60.9 Å². The molecule has 0 spiro atoms. The van der Waals surface area contributed by atoms with Gasteiger partial charge in [0, 0.05) is 42.7 Å². The Bertz CT molecular complexity index is 648. The van der Waals surface area contributed by atoms with Gasteiger partial charge in [0.15, 0.2) is 0 Å². The number of carboxylic acids is 1. The van der Waals surface area contributed by atoms with Crippen molar-refractivity contribution >= 4 is 23.5 Å². The van der Waals surface area contributed by atoms with Crippen LogP contribution in [0.4, 0.5) is 4.39 Å². The minimum Gasteiger partial charge on any atom is -0.481 e. The van der Waals surface area contributed by atoms with E-state index in [9.17, 15) is 19.1 Å². The first-order chi connectivity index (χ1) is 10.8. The summed E-state index contributed by atoms with van der Waals surface area (Å²) in [7, 11) is 1.88. The summed E-state index contributed by atoms with van der Waals surface area (Å²) in [6.07, 6.45) is -0.149. The Hall–Kier alpha value is -1.66. The zero-order valence-corrected chi connectivity index (χ0v) is 13.5. The maximum absolute atomic E-state index is 13.8. The van der Waals surface area contributed by atoms with Gasteiger partial charge in [0.25, 0.3) is 0 Å². The fraction of sp³-hybridized carbons (Fsp3) is 0.500. The van der Waals surface area contributed by atoms with Crippen LogP contribution in [0, 0.1) is 17.2 Å². The summed E-state index contributed by atoms with van der Waals surface area (Å²) in [6.45, 7) is 1.64. The van der Waals surface area contributed by atoms with Crippen LogP contribution < -0.4 is 0 Å². The van der Waals surface area contributed by atoms with Crippen molar-refractivity contribution in [3.8, 4) is 0 Å². The van der Waals surface area contributed by atoms with Gasteiger partial charge >= 0.3 is 5.97 Å². The third-order valence-electron chi connectivity index (χ3n) is 4.95. The molecule has 7 heteroatoms. The van der Waals surface area contributed by atoms with E-state index in [4.69, 9.17) is 11.6 Å². The first-order valence-corrected chi connectivity index (χ1v) is 7.84. The predicted molar refractivity (Wildman–Crippen MR) is 82.7 cm³/mol. The van der Waals surface area contributed by atoms with Crippen LogP contribution in [0.1, 0.15) is 5.56 Å². The normalized spacial score (nSPS) is 27.3. The van der Waals surface area contributed by atoms with Gasteiger partial charge in [0.05, 0.1) is 6.42 Å². The van der Waals surface area contributed by atoms with Crippen molar-refractivity contribution in [1.29, 1.82) is 0 Å². The zero-order chi connectivity index (χ0) is 16.8. The molecule has 1 N–H and O–H groups in total. The average Bonchev–Trinajstić information content (AvgIpc) is 2.96. The van der Waals surface area contributed by atoms with E-state index in [1.165, 1.54) is 17.0 Å². The molecule has 2 aliphatic rings. The number of fused-ring (bicyclic) bond motifs is 1. The summed E-state index contributed by atoms with van der Waals surface area (Å²) in [6, 6.07) is 4.29. The Balaban J connectivity index is 1.77. The monoisotopic (exact) mass is 340 g/mol. The molecule has 0 unspecified atom stereocenters. The number of hydrogen-bond donors (Lipinski definition) is 1. The standard InChI is InChI=1S/C16H18ClFN2O3/c1-19-6-10-7-20(9-16(10,8-19)15(22)23)14(21)5-11-12(17)3-2-4-13(11)18/h2-4,10H,5-9H2,1H3,(H,22,23)/t10-,16-/m0/s1. The van der Waals surface area contributed by atoms with Gasteiger partial charge in [-0.05, 0) is 19.2 Å². The van der Waals surface area contributed by atoms with Crippen molar-refractivity contribution in [2.24, 2.45) is 11.3 Å². The maximum Gasteiger partial charge on any atom is 0.313 e. The number of likely N-dealkylation sites (tertiary alicyclic amines) is 2. The fourth-order valence-electron chi connectivity index (χ4n) is 3.77. The van der Waals surface area contributed by atoms with E-state index in [-0.39, 0.29) is 35.4 Å². The van der Waals surface area contributed by atoms with Crippen LogP contribution in [-0.4, -0.2) is 60.0 Å². The van der Waals surface area contributed by atoms with Crippen LogP contribution >= 0.6 is 11.6 Å². The molecule has 2 aliphatic heterocycles. The molecule has 1 aromatic rings. The molecule has 0 radical (unpaired) electrons. The Morgan fingerprint density at radius 2 is 2.13 bits per heavy atom. The van der Waals surface area contributed by atoms with Crippen LogP contribution in [0.25, 0.3) is 0 Å². The van der Waals surface area contributed by atoms with Crippen LogP contribution in [0.3, 0.4) is 0 Å². The molecule has 5 nitrogen and oxygen atoms in total. The molecule has 23 heavy (non-hydrogen) atoms. The third-order valence-corrected chi connectivity index (χ3v) is 5.30. The highest BCUT2D eigenvalue weighted by Crippen LogP contribution is 2.42. The molecule has 0 bridgehead atoms. The summed E-state index contributed by atoms with van der Waals surface area (Å²) >= 11 is 5.96. The van der Waals surface area contributed by atoms with Gasteiger partial charge in [0.1, 0.15) is 11.2 Å². The summed E-state index contributed by atoms with van der Waals surface area (Å²) < 4.78 is 13.8. The molecule has 0 saturated carbocycles. The molecular formula is C16H18ClFN2O3. The highest BCUT2D eigenvalue weighted by atomic mass is 35.5. The first kappa shape index (κ1) is 16.2. The van der Waals surface area contributed by atoms with Gasteiger partial charge in [-0.15, -0.1) is 0 Å². The summed E-state index contributed by atoms with van der Waals surface area (Å²) in [5.41, 5.74) is -0.749. The number of amides is 1. The molecule has 2 heterocycles. The SMILES string of the molecule is CN1C[C@H]2CN(C(=O)Cc3c(F)cccc3Cl)C[C@@]2(C(=O)O)C1. The lowest BCUT2D eigenvalue weighted by molar-refractivity contribution is -0.149. The number of nitrogens with zero attached hydrogens (tertiary/aromatic N) is 2. The molecule has 1 amide bonds. The second kappa shape index (κ2) is 5.76. The molecule has 0 aromatic heterocycles. The Morgan fingerprint density at radius 1 is 1.39 bits per heavy atom. The van der Waals surface area contributed by atoms with Crippen molar-refractivity contribution in [1.82, 2.24) is 9.80 Å². The number of rotatable bonds is 3. The van der Waals surface area contributed by atoms with E-state index < -0.39 is 17.2 Å². The summed E-state index contributed by atoms with van der Waals surface area (Å²) in [5, 5.41) is 9.84. The third kappa shape index (κ3) is 2.70. The van der Waals surface area contributed by atoms with Gasteiger partial charge in [-0.2, -0.15) is 0 Å². The number of halogens is 2. The minimum atomic E-state index is -0.913. The Kier molecular flexibility index (Phi) is 4.06. The van der Waals surface area contributed by atoms with E-state index >= 15 is 0 Å². The summed E-state index contributed by atoms with van der Waals surface area (Å²) in [4.78, 5) is 27.7. The molecule has 1 aromatic carbocycles. The van der Waals surface area contributed by atoms with Gasteiger partial charge in [-0.1, -0.05) is 17.7 Å².